The standard InChI is InChI=1S/C11H6Cl2O2S/c12-7-1-2-8(9(13)4-7)6-3-10(11(14)15)16-5-6/h1-5H,(H,14,15). The van der Waals surface area contributed by atoms with E-state index in [1.807, 2.05) is 0 Å². The molecule has 2 aromatic rings. The van der Waals surface area contributed by atoms with Crippen LogP contribution in [0, 0.1) is 0 Å². The minimum atomic E-state index is -0.929. The van der Waals surface area contributed by atoms with Gasteiger partial charge in [0.2, 0.25) is 0 Å². The minimum absolute atomic E-state index is 0.293. The lowest BCUT2D eigenvalue weighted by atomic mass is 10.1. The van der Waals surface area contributed by atoms with Crippen molar-refractivity contribution in [1.82, 2.24) is 0 Å². The molecular weight excluding hydrogens is 267 g/mol. The van der Waals surface area contributed by atoms with E-state index in [1.165, 1.54) is 11.3 Å². The van der Waals surface area contributed by atoms with E-state index in [0.29, 0.717) is 14.9 Å². The van der Waals surface area contributed by atoms with Gasteiger partial charge in [-0.15, -0.1) is 11.3 Å². The summed E-state index contributed by atoms with van der Waals surface area (Å²) in [6.45, 7) is 0. The van der Waals surface area contributed by atoms with Crippen molar-refractivity contribution in [2.75, 3.05) is 0 Å². The second-order valence-corrected chi connectivity index (χ2v) is 4.88. The van der Waals surface area contributed by atoms with Gasteiger partial charge in [-0.1, -0.05) is 29.3 Å². The van der Waals surface area contributed by atoms with Gasteiger partial charge in [0, 0.05) is 15.6 Å². The summed E-state index contributed by atoms with van der Waals surface area (Å²) in [7, 11) is 0. The third-order valence-corrected chi connectivity index (χ3v) is 3.52. The van der Waals surface area contributed by atoms with E-state index in [-0.39, 0.29) is 0 Å². The molecule has 0 saturated heterocycles. The Morgan fingerprint density at radius 3 is 2.56 bits per heavy atom. The SMILES string of the molecule is O=C(O)c1cc(-c2ccc(Cl)cc2Cl)cs1. The van der Waals surface area contributed by atoms with Crippen molar-refractivity contribution in [3.05, 3.63) is 44.6 Å². The summed E-state index contributed by atoms with van der Waals surface area (Å²) in [4.78, 5) is 11.0. The predicted octanol–water partition coefficient (Wildman–Crippen LogP) is 4.42. The number of thiophene rings is 1. The van der Waals surface area contributed by atoms with Crippen molar-refractivity contribution in [3.63, 3.8) is 0 Å². The van der Waals surface area contributed by atoms with Gasteiger partial charge >= 0.3 is 5.97 Å². The highest BCUT2D eigenvalue weighted by atomic mass is 35.5. The topological polar surface area (TPSA) is 37.3 Å². The highest BCUT2D eigenvalue weighted by Gasteiger charge is 2.10. The summed E-state index contributed by atoms with van der Waals surface area (Å²) >= 11 is 13.0. The molecule has 1 aromatic carbocycles. The average Bonchev–Trinajstić information content (AvgIpc) is 2.66. The molecule has 2 nitrogen and oxygen atoms in total. The maximum atomic E-state index is 10.7. The lowest BCUT2D eigenvalue weighted by Crippen LogP contribution is -1.90. The molecule has 0 atom stereocenters. The van der Waals surface area contributed by atoms with Crippen LogP contribution in [0.2, 0.25) is 10.0 Å². The van der Waals surface area contributed by atoms with Crippen molar-refractivity contribution in [3.8, 4) is 11.1 Å². The fourth-order valence-corrected chi connectivity index (χ4v) is 2.58. The van der Waals surface area contributed by atoms with Crippen LogP contribution in [-0.4, -0.2) is 11.1 Å². The number of carboxylic acid groups (broad SMARTS) is 1. The van der Waals surface area contributed by atoms with E-state index >= 15 is 0 Å². The van der Waals surface area contributed by atoms with Crippen LogP contribution in [0.3, 0.4) is 0 Å². The maximum absolute atomic E-state index is 10.7. The molecule has 0 radical (unpaired) electrons. The van der Waals surface area contributed by atoms with Gasteiger partial charge in [0.1, 0.15) is 4.88 Å². The molecule has 0 saturated carbocycles. The lowest BCUT2D eigenvalue weighted by molar-refractivity contribution is 0.0702. The van der Waals surface area contributed by atoms with Crippen LogP contribution in [0.25, 0.3) is 11.1 Å². The Morgan fingerprint density at radius 1 is 1.25 bits per heavy atom. The molecule has 1 aromatic heterocycles. The summed E-state index contributed by atoms with van der Waals surface area (Å²) in [5.74, 6) is -0.929. The van der Waals surface area contributed by atoms with Gasteiger partial charge < -0.3 is 5.11 Å². The number of benzene rings is 1. The first-order valence-corrected chi connectivity index (χ1v) is 5.99. The molecule has 82 valence electrons. The molecule has 0 spiro atoms. The Hall–Kier alpha value is -1.03. The fourth-order valence-electron chi connectivity index (χ4n) is 1.31. The molecule has 0 aliphatic rings. The first kappa shape index (κ1) is 11.5. The van der Waals surface area contributed by atoms with Crippen molar-refractivity contribution in [2.45, 2.75) is 0 Å². The molecule has 0 bridgehead atoms. The summed E-state index contributed by atoms with van der Waals surface area (Å²) < 4.78 is 0. The van der Waals surface area contributed by atoms with E-state index in [0.717, 1.165) is 11.1 Å². The van der Waals surface area contributed by atoms with Crippen LogP contribution in [-0.2, 0) is 0 Å². The lowest BCUT2D eigenvalue weighted by Gasteiger charge is -2.01. The number of aromatic carboxylic acids is 1. The summed E-state index contributed by atoms with van der Waals surface area (Å²) in [5.41, 5.74) is 1.58. The van der Waals surface area contributed by atoms with Gasteiger partial charge in [0.05, 0.1) is 0 Å². The Bertz CT molecular complexity index is 549. The molecule has 0 amide bonds. The third kappa shape index (κ3) is 2.21. The van der Waals surface area contributed by atoms with Crippen molar-refractivity contribution in [1.29, 1.82) is 0 Å². The first-order valence-electron chi connectivity index (χ1n) is 4.35. The van der Waals surface area contributed by atoms with Crippen LogP contribution in [0.1, 0.15) is 9.67 Å². The third-order valence-electron chi connectivity index (χ3n) is 2.05. The van der Waals surface area contributed by atoms with Gasteiger partial charge in [0.25, 0.3) is 0 Å². The molecule has 0 aliphatic carbocycles. The molecule has 2 rings (SSSR count). The summed E-state index contributed by atoms with van der Waals surface area (Å²) in [5, 5.41) is 11.7. The predicted molar refractivity (Wildman–Crippen MR) is 66.7 cm³/mol. The molecular formula is C11H6Cl2O2S. The smallest absolute Gasteiger partial charge is 0.345 e. The number of hydrogen-bond acceptors (Lipinski definition) is 2. The Morgan fingerprint density at radius 2 is 2.00 bits per heavy atom. The molecule has 1 heterocycles. The molecule has 0 fully saturated rings. The van der Waals surface area contributed by atoms with E-state index in [1.54, 1.807) is 29.6 Å². The van der Waals surface area contributed by atoms with Crippen LogP contribution in [0.5, 0.6) is 0 Å². The molecule has 0 unspecified atom stereocenters. The second-order valence-electron chi connectivity index (χ2n) is 3.13. The largest absolute Gasteiger partial charge is 0.477 e. The van der Waals surface area contributed by atoms with Gasteiger partial charge in [0.15, 0.2) is 0 Å². The second kappa shape index (κ2) is 4.45. The van der Waals surface area contributed by atoms with Crippen LogP contribution < -0.4 is 0 Å². The van der Waals surface area contributed by atoms with Gasteiger partial charge in [-0.05, 0) is 29.1 Å². The highest BCUT2D eigenvalue weighted by Crippen LogP contribution is 2.33. The highest BCUT2D eigenvalue weighted by molar-refractivity contribution is 7.12. The van der Waals surface area contributed by atoms with Crippen LogP contribution in [0.4, 0.5) is 0 Å². The van der Waals surface area contributed by atoms with Gasteiger partial charge in [-0.25, -0.2) is 4.79 Å². The normalized spacial score (nSPS) is 10.4. The molecule has 16 heavy (non-hydrogen) atoms. The van der Waals surface area contributed by atoms with Crippen LogP contribution in [0.15, 0.2) is 29.6 Å². The summed E-state index contributed by atoms with van der Waals surface area (Å²) in [6.07, 6.45) is 0. The monoisotopic (exact) mass is 272 g/mol. The Balaban J connectivity index is 2.46. The number of carboxylic acids is 1. The maximum Gasteiger partial charge on any atom is 0.345 e. The zero-order valence-corrected chi connectivity index (χ0v) is 10.2. The van der Waals surface area contributed by atoms with E-state index < -0.39 is 5.97 Å². The number of rotatable bonds is 2. The molecule has 5 heteroatoms. The van der Waals surface area contributed by atoms with E-state index in [2.05, 4.69) is 0 Å². The molecule has 1 N–H and O–H groups in total. The number of carbonyl (C=O) groups is 1. The number of halogens is 2. The number of hydrogen-bond donors (Lipinski definition) is 1. The zero-order valence-electron chi connectivity index (χ0n) is 7.91. The van der Waals surface area contributed by atoms with Gasteiger partial charge in [-0.3, -0.25) is 0 Å². The van der Waals surface area contributed by atoms with Crippen molar-refractivity contribution >= 4 is 40.5 Å². The van der Waals surface area contributed by atoms with E-state index in [4.69, 9.17) is 28.3 Å². The molecule has 0 aliphatic heterocycles. The van der Waals surface area contributed by atoms with Gasteiger partial charge in [-0.2, -0.15) is 0 Å². The van der Waals surface area contributed by atoms with E-state index in [9.17, 15) is 4.79 Å². The van der Waals surface area contributed by atoms with Crippen molar-refractivity contribution in [2.24, 2.45) is 0 Å². The summed E-state index contributed by atoms with van der Waals surface area (Å²) in [6, 6.07) is 6.73. The average molecular weight is 273 g/mol. The first-order chi connectivity index (χ1) is 7.58. The minimum Gasteiger partial charge on any atom is -0.477 e. The van der Waals surface area contributed by atoms with Crippen LogP contribution >= 0.6 is 34.5 Å². The van der Waals surface area contributed by atoms with Crippen molar-refractivity contribution < 1.29 is 9.90 Å². The Kier molecular flexibility index (Phi) is 3.19. The Labute approximate surface area is 106 Å². The quantitative estimate of drug-likeness (QED) is 0.879. The zero-order chi connectivity index (χ0) is 11.7. The fraction of sp³-hybridized carbons (Fsp3) is 0.